The highest BCUT2D eigenvalue weighted by atomic mass is 32.2. The van der Waals surface area contributed by atoms with E-state index in [1.54, 1.807) is 17.0 Å². The molecule has 2 amide bonds. The van der Waals surface area contributed by atoms with Gasteiger partial charge in [-0.3, -0.25) is 14.4 Å². The number of fused-ring (bicyclic) bond motifs is 1. The molecule has 122 valence electrons. The molecular weight excluding hydrogens is 316 g/mol. The van der Waals surface area contributed by atoms with Gasteiger partial charge in [0, 0.05) is 30.0 Å². The molecule has 2 heterocycles. The zero-order valence-corrected chi connectivity index (χ0v) is 13.4. The minimum absolute atomic E-state index is 0.0541. The number of nitrogens with zero attached hydrogens (tertiary/aromatic N) is 1. The predicted molar refractivity (Wildman–Crippen MR) is 86.7 cm³/mol. The third-order valence-electron chi connectivity index (χ3n) is 4.22. The number of thioether (sulfide) groups is 1. The fraction of sp³-hybridized carbons (Fsp3) is 0.438. The molecule has 0 unspecified atom stereocenters. The van der Waals surface area contributed by atoms with Crippen molar-refractivity contribution in [2.45, 2.75) is 24.2 Å². The Morgan fingerprint density at radius 2 is 2.04 bits per heavy atom. The summed E-state index contributed by atoms with van der Waals surface area (Å²) in [7, 11) is 0. The van der Waals surface area contributed by atoms with Crippen molar-refractivity contribution >= 4 is 35.2 Å². The van der Waals surface area contributed by atoms with Crippen molar-refractivity contribution in [2.75, 3.05) is 24.2 Å². The van der Waals surface area contributed by atoms with E-state index in [1.165, 1.54) is 11.8 Å². The van der Waals surface area contributed by atoms with Crippen LogP contribution < -0.4 is 5.32 Å². The van der Waals surface area contributed by atoms with Crippen LogP contribution in [-0.2, 0) is 9.59 Å². The summed E-state index contributed by atoms with van der Waals surface area (Å²) < 4.78 is 0. The minimum Gasteiger partial charge on any atom is -0.481 e. The summed E-state index contributed by atoms with van der Waals surface area (Å²) in [6, 6.07) is 5.38. The Kier molecular flexibility index (Phi) is 4.56. The first-order valence-electron chi connectivity index (χ1n) is 7.60. The average Bonchev–Trinajstić information content (AvgIpc) is 2.53. The van der Waals surface area contributed by atoms with Crippen molar-refractivity contribution in [1.82, 2.24) is 4.90 Å². The molecule has 0 atom stereocenters. The van der Waals surface area contributed by atoms with Crippen molar-refractivity contribution in [3.05, 3.63) is 23.8 Å². The molecule has 1 fully saturated rings. The highest BCUT2D eigenvalue weighted by Gasteiger charge is 2.26. The molecule has 1 aromatic carbocycles. The summed E-state index contributed by atoms with van der Waals surface area (Å²) >= 11 is 1.47. The molecule has 2 aliphatic heterocycles. The third kappa shape index (κ3) is 3.67. The van der Waals surface area contributed by atoms with Gasteiger partial charge in [0.15, 0.2) is 0 Å². The first kappa shape index (κ1) is 15.9. The van der Waals surface area contributed by atoms with Crippen LogP contribution in [0.3, 0.4) is 0 Å². The lowest BCUT2D eigenvalue weighted by Crippen LogP contribution is -2.39. The van der Waals surface area contributed by atoms with Gasteiger partial charge < -0.3 is 15.3 Å². The number of hydrogen-bond acceptors (Lipinski definition) is 4. The van der Waals surface area contributed by atoms with Crippen molar-refractivity contribution < 1.29 is 19.5 Å². The fourth-order valence-corrected chi connectivity index (χ4v) is 3.77. The van der Waals surface area contributed by atoms with Gasteiger partial charge in [-0.2, -0.15) is 0 Å². The molecule has 23 heavy (non-hydrogen) atoms. The number of hydrogen-bond donors (Lipinski definition) is 2. The zero-order valence-electron chi connectivity index (χ0n) is 12.6. The van der Waals surface area contributed by atoms with Gasteiger partial charge in [0.2, 0.25) is 5.91 Å². The standard InChI is InChI=1S/C16H18N2O4S/c19-14-9-23-13-2-1-11(8-12(13)17-14)16(22)18-5-3-10(4-6-18)7-15(20)21/h1-2,8,10H,3-7,9H2,(H,17,19)(H,20,21). The number of carbonyl (C=O) groups is 3. The molecule has 3 rings (SSSR count). The Balaban J connectivity index is 1.66. The number of aliphatic carboxylic acids is 1. The maximum Gasteiger partial charge on any atom is 0.303 e. The Bertz CT molecular complexity index is 653. The number of benzene rings is 1. The second-order valence-electron chi connectivity index (χ2n) is 5.88. The number of carboxylic acid groups (broad SMARTS) is 1. The van der Waals surface area contributed by atoms with Crippen LogP contribution >= 0.6 is 11.8 Å². The molecule has 2 N–H and O–H groups in total. The molecule has 0 saturated carbocycles. The first-order valence-corrected chi connectivity index (χ1v) is 8.59. The smallest absolute Gasteiger partial charge is 0.303 e. The molecule has 6 nitrogen and oxygen atoms in total. The van der Waals surface area contributed by atoms with Gasteiger partial charge in [-0.05, 0) is 37.0 Å². The quantitative estimate of drug-likeness (QED) is 0.883. The van der Waals surface area contributed by atoms with Crippen molar-refractivity contribution in [3.8, 4) is 0 Å². The Labute approximate surface area is 138 Å². The Morgan fingerprint density at radius 3 is 2.74 bits per heavy atom. The molecule has 2 aliphatic rings. The van der Waals surface area contributed by atoms with E-state index in [0.717, 1.165) is 17.7 Å². The van der Waals surface area contributed by atoms with Crippen LogP contribution in [-0.4, -0.2) is 46.6 Å². The largest absolute Gasteiger partial charge is 0.481 e. The topological polar surface area (TPSA) is 86.7 Å². The van der Waals surface area contributed by atoms with Crippen molar-refractivity contribution in [2.24, 2.45) is 5.92 Å². The molecule has 0 radical (unpaired) electrons. The normalized spacial score (nSPS) is 18.3. The van der Waals surface area contributed by atoms with Crippen LogP contribution in [0.2, 0.25) is 0 Å². The van der Waals surface area contributed by atoms with Gasteiger partial charge in [0.05, 0.1) is 11.4 Å². The molecule has 1 saturated heterocycles. The van der Waals surface area contributed by atoms with Gasteiger partial charge >= 0.3 is 5.97 Å². The second-order valence-corrected chi connectivity index (χ2v) is 6.90. The Morgan fingerprint density at radius 1 is 1.30 bits per heavy atom. The van der Waals surface area contributed by atoms with Gasteiger partial charge in [0.25, 0.3) is 5.91 Å². The van der Waals surface area contributed by atoms with Gasteiger partial charge in [-0.25, -0.2) is 0 Å². The molecule has 0 aromatic heterocycles. The number of carbonyl (C=O) groups excluding carboxylic acids is 2. The number of rotatable bonds is 3. The molecular formula is C16H18N2O4S. The van der Waals surface area contributed by atoms with Crippen molar-refractivity contribution in [3.63, 3.8) is 0 Å². The van der Waals surface area contributed by atoms with Crippen molar-refractivity contribution in [1.29, 1.82) is 0 Å². The first-order chi connectivity index (χ1) is 11.0. The van der Waals surface area contributed by atoms with E-state index < -0.39 is 5.97 Å². The van der Waals surface area contributed by atoms with Crippen LogP contribution in [0.25, 0.3) is 0 Å². The predicted octanol–water partition coefficient (Wildman–Crippen LogP) is 2.06. The molecule has 0 bridgehead atoms. The van der Waals surface area contributed by atoms with Crippen LogP contribution in [0.5, 0.6) is 0 Å². The molecule has 1 aromatic rings. The lowest BCUT2D eigenvalue weighted by Gasteiger charge is -2.31. The van der Waals surface area contributed by atoms with E-state index >= 15 is 0 Å². The maximum atomic E-state index is 12.6. The van der Waals surface area contributed by atoms with E-state index in [-0.39, 0.29) is 24.2 Å². The summed E-state index contributed by atoms with van der Waals surface area (Å²) in [5.74, 6) is -0.348. The monoisotopic (exact) mass is 334 g/mol. The minimum atomic E-state index is -0.780. The lowest BCUT2D eigenvalue weighted by atomic mass is 9.93. The van der Waals surface area contributed by atoms with Gasteiger partial charge in [-0.15, -0.1) is 11.8 Å². The highest BCUT2D eigenvalue weighted by Crippen LogP contribution is 2.32. The number of piperidine rings is 1. The van der Waals surface area contributed by atoms with E-state index in [0.29, 0.717) is 30.1 Å². The number of carboxylic acids is 1. The number of amides is 2. The summed E-state index contributed by atoms with van der Waals surface area (Å²) in [6.45, 7) is 1.16. The summed E-state index contributed by atoms with van der Waals surface area (Å²) in [6.07, 6.45) is 1.61. The van der Waals surface area contributed by atoms with Gasteiger partial charge in [0.1, 0.15) is 0 Å². The molecule has 0 spiro atoms. The SMILES string of the molecule is O=C(O)CC1CCN(C(=O)c2ccc3c(c2)NC(=O)CS3)CC1. The van der Waals surface area contributed by atoms with Crippen LogP contribution in [0.15, 0.2) is 23.1 Å². The van der Waals surface area contributed by atoms with Gasteiger partial charge in [-0.1, -0.05) is 0 Å². The summed E-state index contributed by atoms with van der Waals surface area (Å²) in [5.41, 5.74) is 1.25. The summed E-state index contributed by atoms with van der Waals surface area (Å²) in [5, 5.41) is 11.6. The average molecular weight is 334 g/mol. The second kappa shape index (κ2) is 6.62. The Hall–Kier alpha value is -2.02. The fourth-order valence-electron chi connectivity index (χ4n) is 2.99. The number of anilines is 1. The molecule has 7 heteroatoms. The van der Waals surface area contributed by atoms with E-state index in [2.05, 4.69) is 5.32 Å². The van der Waals surface area contributed by atoms with E-state index in [9.17, 15) is 14.4 Å². The number of nitrogens with one attached hydrogen (secondary N) is 1. The highest BCUT2D eigenvalue weighted by molar-refractivity contribution is 8.00. The lowest BCUT2D eigenvalue weighted by molar-refractivity contribution is -0.138. The van der Waals surface area contributed by atoms with Crippen LogP contribution in [0, 0.1) is 5.92 Å². The number of likely N-dealkylation sites (tertiary alicyclic amines) is 1. The summed E-state index contributed by atoms with van der Waals surface area (Å²) in [4.78, 5) is 37.5. The third-order valence-corrected chi connectivity index (χ3v) is 5.30. The van der Waals surface area contributed by atoms with Crippen LogP contribution in [0.1, 0.15) is 29.6 Å². The molecule has 0 aliphatic carbocycles. The zero-order chi connectivity index (χ0) is 16.4. The van der Waals surface area contributed by atoms with E-state index in [1.807, 2.05) is 6.07 Å². The van der Waals surface area contributed by atoms with E-state index in [4.69, 9.17) is 5.11 Å². The van der Waals surface area contributed by atoms with Crippen LogP contribution in [0.4, 0.5) is 5.69 Å². The maximum absolute atomic E-state index is 12.6.